The fraction of sp³-hybridized carbons (Fsp3) is 0.176. The lowest BCUT2D eigenvalue weighted by Gasteiger charge is -2.06. The third-order valence-electron chi connectivity index (χ3n) is 3.39. The van der Waals surface area contributed by atoms with Crippen LogP contribution in [0.4, 0.5) is 5.69 Å². The summed E-state index contributed by atoms with van der Waals surface area (Å²) in [5.74, 6) is 1.14. The number of amides is 1. The van der Waals surface area contributed by atoms with Gasteiger partial charge in [-0.3, -0.25) is 4.79 Å². The van der Waals surface area contributed by atoms with E-state index >= 15 is 0 Å². The lowest BCUT2D eigenvalue weighted by atomic mass is 10.2. The molecule has 23 heavy (non-hydrogen) atoms. The summed E-state index contributed by atoms with van der Waals surface area (Å²) in [5, 5.41) is 4.86. The van der Waals surface area contributed by atoms with E-state index in [1.165, 1.54) is 0 Å². The first-order chi connectivity index (χ1) is 11.0. The van der Waals surface area contributed by atoms with Gasteiger partial charge in [0.05, 0.1) is 17.0 Å². The number of anilines is 1. The second-order valence-electron chi connectivity index (χ2n) is 5.19. The summed E-state index contributed by atoms with van der Waals surface area (Å²) in [6.07, 6.45) is 0.190. The van der Waals surface area contributed by atoms with Crippen molar-refractivity contribution in [2.45, 2.75) is 20.3 Å². The van der Waals surface area contributed by atoms with Gasteiger partial charge in [-0.1, -0.05) is 22.0 Å². The van der Waals surface area contributed by atoms with Crippen molar-refractivity contribution < 1.29 is 9.21 Å². The molecular formula is C17H15BrN2O2S. The molecule has 0 unspecified atom stereocenters. The lowest BCUT2D eigenvalue weighted by molar-refractivity contribution is -0.115. The van der Waals surface area contributed by atoms with E-state index in [1.807, 2.05) is 49.6 Å². The van der Waals surface area contributed by atoms with Crippen molar-refractivity contribution in [2.24, 2.45) is 0 Å². The highest BCUT2D eigenvalue weighted by Crippen LogP contribution is 2.26. The maximum absolute atomic E-state index is 12.2. The van der Waals surface area contributed by atoms with Gasteiger partial charge in [-0.05, 0) is 49.1 Å². The van der Waals surface area contributed by atoms with Gasteiger partial charge in [-0.2, -0.15) is 0 Å². The number of aryl methyl sites for hydroxylation is 2. The Labute approximate surface area is 146 Å². The number of hydrogen-bond acceptors (Lipinski definition) is 4. The summed E-state index contributed by atoms with van der Waals surface area (Å²) in [6.45, 7) is 3.81. The molecule has 0 aliphatic carbocycles. The van der Waals surface area contributed by atoms with Crippen LogP contribution in [0.5, 0.6) is 0 Å². The number of rotatable bonds is 4. The molecule has 1 amide bonds. The van der Waals surface area contributed by atoms with Crippen LogP contribution in [-0.2, 0) is 11.2 Å². The molecule has 118 valence electrons. The summed E-state index contributed by atoms with van der Waals surface area (Å²) in [6, 6.07) is 9.60. The second kappa shape index (κ2) is 6.68. The molecule has 3 rings (SSSR count). The zero-order chi connectivity index (χ0) is 16.4. The van der Waals surface area contributed by atoms with E-state index < -0.39 is 0 Å². The third-order valence-corrected chi connectivity index (χ3v) is 5.14. The molecule has 1 aromatic carbocycles. The Kier molecular flexibility index (Phi) is 4.63. The van der Waals surface area contributed by atoms with Gasteiger partial charge in [0.25, 0.3) is 0 Å². The number of nitrogens with zero attached hydrogens (tertiary/aromatic N) is 1. The van der Waals surface area contributed by atoms with Crippen molar-refractivity contribution >= 4 is 38.9 Å². The predicted molar refractivity (Wildman–Crippen MR) is 95.8 cm³/mol. The first kappa shape index (κ1) is 16.0. The molecule has 0 aliphatic heterocycles. The molecule has 3 aromatic rings. The van der Waals surface area contributed by atoms with E-state index in [-0.39, 0.29) is 12.3 Å². The van der Waals surface area contributed by atoms with Crippen molar-refractivity contribution in [1.29, 1.82) is 0 Å². The summed E-state index contributed by atoms with van der Waals surface area (Å²) in [4.78, 5) is 17.6. The predicted octanol–water partition coefficient (Wildman–Crippen LogP) is 4.96. The molecule has 2 heterocycles. The monoisotopic (exact) mass is 390 g/mol. The highest BCUT2D eigenvalue weighted by Gasteiger charge is 2.15. The van der Waals surface area contributed by atoms with Crippen molar-refractivity contribution in [3.8, 4) is 10.8 Å². The van der Waals surface area contributed by atoms with E-state index in [0.29, 0.717) is 17.3 Å². The zero-order valence-electron chi connectivity index (χ0n) is 12.7. The van der Waals surface area contributed by atoms with Gasteiger partial charge >= 0.3 is 0 Å². The molecule has 2 aromatic heterocycles. The number of carbonyl (C=O) groups excluding carboxylic acids is 1. The number of benzene rings is 1. The average molecular weight is 391 g/mol. The molecule has 6 heteroatoms. The third kappa shape index (κ3) is 3.71. The minimum absolute atomic E-state index is 0.110. The van der Waals surface area contributed by atoms with Crippen molar-refractivity contribution in [3.05, 3.63) is 57.2 Å². The summed E-state index contributed by atoms with van der Waals surface area (Å²) < 4.78 is 6.68. The summed E-state index contributed by atoms with van der Waals surface area (Å²) in [7, 11) is 0. The van der Waals surface area contributed by atoms with E-state index in [2.05, 4.69) is 26.2 Å². The Morgan fingerprint density at radius 1 is 1.35 bits per heavy atom. The molecule has 0 saturated heterocycles. The van der Waals surface area contributed by atoms with Gasteiger partial charge in [0.15, 0.2) is 0 Å². The Hall–Kier alpha value is -1.92. The van der Waals surface area contributed by atoms with Crippen molar-refractivity contribution in [2.75, 3.05) is 5.32 Å². The smallest absolute Gasteiger partial charge is 0.236 e. The largest absolute Gasteiger partial charge is 0.440 e. The minimum atomic E-state index is -0.110. The lowest BCUT2D eigenvalue weighted by Crippen LogP contribution is -2.15. The molecular weight excluding hydrogens is 376 g/mol. The quantitative estimate of drug-likeness (QED) is 0.684. The molecule has 0 atom stereocenters. The number of oxazole rings is 1. The number of carbonyl (C=O) groups is 1. The first-order valence-corrected chi connectivity index (χ1v) is 8.76. The van der Waals surface area contributed by atoms with Crippen LogP contribution < -0.4 is 5.32 Å². The second-order valence-corrected chi connectivity index (χ2v) is 6.99. The SMILES string of the molecule is Cc1cc(NC(=O)Cc2nc(-c3cccs3)oc2C)ccc1Br. The number of halogens is 1. The van der Waals surface area contributed by atoms with Gasteiger partial charge in [0.2, 0.25) is 11.8 Å². The topological polar surface area (TPSA) is 55.1 Å². The standard InChI is InChI=1S/C17H15BrN2O2S/c1-10-8-12(5-6-13(10)18)19-16(21)9-14-11(2)22-17(20-14)15-4-3-7-23-15/h3-8H,9H2,1-2H3,(H,19,21). The number of thiophene rings is 1. The minimum Gasteiger partial charge on any atom is -0.440 e. The van der Waals surface area contributed by atoms with Crippen LogP contribution in [-0.4, -0.2) is 10.9 Å². The van der Waals surface area contributed by atoms with Crippen LogP contribution in [0.3, 0.4) is 0 Å². The fourth-order valence-electron chi connectivity index (χ4n) is 2.18. The van der Waals surface area contributed by atoms with Gasteiger partial charge in [0.1, 0.15) is 5.76 Å². The zero-order valence-corrected chi connectivity index (χ0v) is 15.1. The molecule has 1 N–H and O–H groups in total. The van der Waals surface area contributed by atoms with Gasteiger partial charge in [-0.15, -0.1) is 11.3 Å². The van der Waals surface area contributed by atoms with Crippen LogP contribution in [0.15, 0.2) is 44.6 Å². The van der Waals surface area contributed by atoms with E-state index in [1.54, 1.807) is 11.3 Å². The van der Waals surface area contributed by atoms with E-state index in [4.69, 9.17) is 4.42 Å². The average Bonchev–Trinajstić information content (AvgIpc) is 3.13. The normalized spacial score (nSPS) is 10.7. The first-order valence-electron chi connectivity index (χ1n) is 7.09. The summed E-state index contributed by atoms with van der Waals surface area (Å²) >= 11 is 5.01. The van der Waals surface area contributed by atoms with Crippen molar-refractivity contribution in [3.63, 3.8) is 0 Å². The van der Waals surface area contributed by atoms with Gasteiger partial charge < -0.3 is 9.73 Å². The van der Waals surface area contributed by atoms with E-state index in [0.717, 1.165) is 20.6 Å². The molecule has 0 spiro atoms. The maximum atomic E-state index is 12.2. The highest BCUT2D eigenvalue weighted by molar-refractivity contribution is 9.10. The van der Waals surface area contributed by atoms with Crippen LogP contribution in [0.25, 0.3) is 10.8 Å². The van der Waals surface area contributed by atoms with Crippen LogP contribution in [0.1, 0.15) is 17.0 Å². The number of hydrogen-bond donors (Lipinski definition) is 1. The number of nitrogens with one attached hydrogen (secondary N) is 1. The Bertz CT molecular complexity index is 840. The van der Waals surface area contributed by atoms with Crippen LogP contribution >= 0.6 is 27.3 Å². The molecule has 4 nitrogen and oxygen atoms in total. The van der Waals surface area contributed by atoms with Crippen LogP contribution in [0, 0.1) is 13.8 Å². The van der Waals surface area contributed by atoms with E-state index in [9.17, 15) is 4.79 Å². The fourth-order valence-corrected chi connectivity index (χ4v) is 3.07. The maximum Gasteiger partial charge on any atom is 0.236 e. The molecule has 0 saturated carbocycles. The summed E-state index contributed by atoms with van der Waals surface area (Å²) in [5.41, 5.74) is 2.51. The Morgan fingerprint density at radius 2 is 2.17 bits per heavy atom. The number of aromatic nitrogens is 1. The van der Waals surface area contributed by atoms with Gasteiger partial charge in [0, 0.05) is 10.2 Å². The van der Waals surface area contributed by atoms with Crippen molar-refractivity contribution in [1.82, 2.24) is 4.98 Å². The molecule has 0 bridgehead atoms. The van der Waals surface area contributed by atoms with Crippen LogP contribution in [0.2, 0.25) is 0 Å². The van der Waals surface area contributed by atoms with Gasteiger partial charge in [-0.25, -0.2) is 4.98 Å². The highest BCUT2D eigenvalue weighted by atomic mass is 79.9. The Balaban J connectivity index is 1.71. The Morgan fingerprint density at radius 3 is 2.87 bits per heavy atom. The molecule has 0 fully saturated rings. The molecule has 0 radical (unpaired) electrons. The molecule has 0 aliphatic rings.